The van der Waals surface area contributed by atoms with E-state index in [0.29, 0.717) is 6.42 Å². The Morgan fingerprint density at radius 1 is 1.64 bits per heavy atom. The molecule has 0 radical (unpaired) electrons. The Hall–Kier alpha value is -0.733. The molecule has 11 heavy (non-hydrogen) atoms. The van der Waals surface area contributed by atoms with Gasteiger partial charge in [-0.05, 0) is 0 Å². The van der Waals surface area contributed by atoms with Crippen molar-refractivity contribution in [2.24, 2.45) is 0 Å². The van der Waals surface area contributed by atoms with E-state index in [4.69, 9.17) is 15.0 Å². The summed E-state index contributed by atoms with van der Waals surface area (Å²) in [6.45, 7) is 1.88. The predicted molar refractivity (Wildman–Crippen MR) is 33.9 cm³/mol. The van der Waals surface area contributed by atoms with Crippen molar-refractivity contribution in [3.05, 3.63) is 10.1 Å². The van der Waals surface area contributed by atoms with E-state index < -0.39 is 6.16 Å². The smallest absolute Gasteiger partial charge is 1.00 e. The minimum absolute atomic E-state index is 0. The van der Waals surface area contributed by atoms with Crippen molar-refractivity contribution in [3.63, 3.8) is 0 Å². The first kappa shape index (κ1) is 16.7. The number of hydrogen-bond acceptors (Lipinski definition) is 3. The topological polar surface area (TPSA) is 101 Å². The predicted octanol–water partition coefficient (Wildman–Crippen LogP) is -1.99. The van der Waals surface area contributed by atoms with Crippen molar-refractivity contribution in [2.75, 3.05) is 6.54 Å². The van der Waals surface area contributed by atoms with Gasteiger partial charge < -0.3 is 11.6 Å². The molecule has 0 aromatic carbocycles. The number of nitro groups is 1. The van der Waals surface area contributed by atoms with Crippen molar-refractivity contribution < 1.29 is 40.2 Å². The van der Waals surface area contributed by atoms with Gasteiger partial charge in [-0.1, -0.05) is 6.92 Å². The molecule has 0 rings (SSSR count). The van der Waals surface area contributed by atoms with Gasteiger partial charge in [0.2, 0.25) is 6.54 Å². The van der Waals surface area contributed by atoms with Crippen LogP contribution in [0.2, 0.25) is 0 Å². The third-order valence-corrected chi connectivity index (χ3v) is 0.406. The summed E-state index contributed by atoms with van der Waals surface area (Å²) in [4.78, 5) is 17.6. The zero-order valence-corrected chi connectivity index (χ0v) is 6.48. The second-order valence-corrected chi connectivity index (χ2v) is 1.34. The van der Waals surface area contributed by atoms with E-state index in [-0.39, 0.29) is 31.8 Å². The summed E-state index contributed by atoms with van der Waals surface area (Å²) in [5, 5.41) is 23.3. The summed E-state index contributed by atoms with van der Waals surface area (Å²) in [5.41, 5.74) is 0. The maximum absolute atomic E-state index is 9.40. The molecule has 0 saturated heterocycles. The van der Waals surface area contributed by atoms with Crippen LogP contribution in [0.3, 0.4) is 0 Å². The zero-order chi connectivity index (χ0) is 8.57. The first-order valence-corrected chi connectivity index (χ1v) is 2.54. The van der Waals surface area contributed by atoms with Crippen LogP contribution in [0.25, 0.3) is 0 Å². The molecule has 7 heteroatoms. The third-order valence-electron chi connectivity index (χ3n) is 0.406. The van der Waals surface area contributed by atoms with Crippen molar-refractivity contribution in [2.45, 2.75) is 13.3 Å². The standard InChI is InChI=1S/C3H7NO2.CH2O3.Li.H/c1-2-3-4(5)6;2-1(3)4;;/h2-3H2,1H3;(H2,2,3,4);;/q;;+1;-1. The monoisotopic (exact) mass is 159 g/mol. The maximum Gasteiger partial charge on any atom is 1.00 e. The second kappa shape index (κ2) is 12.0. The van der Waals surface area contributed by atoms with Gasteiger partial charge in [-0.15, -0.1) is 0 Å². The van der Waals surface area contributed by atoms with Crippen LogP contribution in [-0.2, 0) is 0 Å². The fraction of sp³-hybridized carbons (Fsp3) is 0.750. The minimum atomic E-state index is -1.83. The van der Waals surface area contributed by atoms with Gasteiger partial charge in [0, 0.05) is 11.3 Å². The summed E-state index contributed by atoms with van der Waals surface area (Å²) in [6.07, 6.45) is -1.20. The Kier molecular flexibility index (Phi) is 18.2. The van der Waals surface area contributed by atoms with E-state index >= 15 is 0 Å². The molecule has 0 aromatic rings. The van der Waals surface area contributed by atoms with Crippen molar-refractivity contribution in [3.8, 4) is 0 Å². The van der Waals surface area contributed by atoms with Crippen LogP contribution in [0.4, 0.5) is 4.79 Å². The van der Waals surface area contributed by atoms with E-state index in [9.17, 15) is 10.1 Å². The van der Waals surface area contributed by atoms with Gasteiger partial charge in [0.15, 0.2) is 0 Å². The number of carboxylic acid groups (broad SMARTS) is 2. The molecule has 0 aromatic heterocycles. The van der Waals surface area contributed by atoms with Crippen molar-refractivity contribution in [1.29, 1.82) is 0 Å². The summed E-state index contributed by atoms with van der Waals surface area (Å²) < 4.78 is 0. The first-order valence-electron chi connectivity index (χ1n) is 2.54. The molecular weight excluding hydrogens is 149 g/mol. The molecule has 62 valence electrons. The zero-order valence-electron chi connectivity index (χ0n) is 7.48. The summed E-state index contributed by atoms with van der Waals surface area (Å²) in [7, 11) is 0. The molecule has 0 aliphatic carbocycles. The Bertz CT molecular complexity index is 118. The molecular formula is C4H10LiNO5. The molecule has 0 atom stereocenters. The van der Waals surface area contributed by atoms with Crippen LogP contribution in [-0.4, -0.2) is 27.8 Å². The fourth-order valence-corrected chi connectivity index (χ4v) is 0.183. The van der Waals surface area contributed by atoms with Gasteiger partial charge in [0.25, 0.3) is 0 Å². The number of carbonyl (C=O) groups is 1. The van der Waals surface area contributed by atoms with Crippen LogP contribution < -0.4 is 18.9 Å². The fourth-order valence-electron chi connectivity index (χ4n) is 0.183. The van der Waals surface area contributed by atoms with Gasteiger partial charge in [-0.2, -0.15) is 0 Å². The minimum Gasteiger partial charge on any atom is -1.00 e. The van der Waals surface area contributed by atoms with Crippen LogP contribution in [0.1, 0.15) is 14.8 Å². The van der Waals surface area contributed by atoms with Gasteiger partial charge >= 0.3 is 25.0 Å². The molecule has 0 fully saturated rings. The van der Waals surface area contributed by atoms with E-state index in [0.717, 1.165) is 0 Å². The quantitative estimate of drug-likeness (QED) is 0.276. The molecule has 0 aliphatic rings. The Morgan fingerprint density at radius 3 is 1.91 bits per heavy atom. The largest absolute Gasteiger partial charge is 1.00 e. The number of rotatable bonds is 2. The SMILES string of the molecule is CCC[N+](=O)[O-].O=C(O)O.[H-].[Li+]. The van der Waals surface area contributed by atoms with E-state index in [1.165, 1.54) is 0 Å². The van der Waals surface area contributed by atoms with Crippen molar-refractivity contribution >= 4 is 6.16 Å². The Balaban J connectivity index is -0.0000000483. The average Bonchev–Trinajstić information content (AvgIpc) is 1.62. The summed E-state index contributed by atoms with van der Waals surface area (Å²) in [5.74, 6) is 0. The van der Waals surface area contributed by atoms with E-state index in [2.05, 4.69) is 0 Å². The normalized spacial score (nSPS) is 6.64. The first-order chi connectivity index (χ1) is 4.50. The third kappa shape index (κ3) is 95.2. The van der Waals surface area contributed by atoms with Gasteiger partial charge in [-0.25, -0.2) is 4.79 Å². The molecule has 0 aliphatic heterocycles. The maximum atomic E-state index is 9.40. The van der Waals surface area contributed by atoms with E-state index in [1.807, 2.05) is 0 Å². The molecule has 0 saturated carbocycles. The second-order valence-electron chi connectivity index (χ2n) is 1.34. The van der Waals surface area contributed by atoms with Gasteiger partial charge in [-0.3, -0.25) is 10.1 Å². The molecule has 0 spiro atoms. The molecule has 6 nitrogen and oxygen atoms in total. The molecule has 0 bridgehead atoms. The Labute approximate surface area is 77.0 Å². The van der Waals surface area contributed by atoms with Gasteiger partial charge in [0.1, 0.15) is 0 Å². The summed E-state index contributed by atoms with van der Waals surface area (Å²) >= 11 is 0. The van der Waals surface area contributed by atoms with Crippen molar-refractivity contribution in [1.82, 2.24) is 0 Å². The van der Waals surface area contributed by atoms with Crippen LogP contribution in [0, 0.1) is 10.1 Å². The van der Waals surface area contributed by atoms with Crippen LogP contribution in [0.5, 0.6) is 0 Å². The van der Waals surface area contributed by atoms with E-state index in [1.54, 1.807) is 6.92 Å². The molecule has 0 amide bonds. The molecule has 0 unspecified atom stereocenters. The number of nitrogens with zero attached hydrogens (tertiary/aromatic N) is 1. The number of hydrogen-bond donors (Lipinski definition) is 2. The molecule has 0 heterocycles. The molecule has 2 N–H and O–H groups in total. The Morgan fingerprint density at radius 2 is 1.91 bits per heavy atom. The summed E-state index contributed by atoms with van der Waals surface area (Å²) in [6, 6.07) is 0. The van der Waals surface area contributed by atoms with Gasteiger partial charge in [0.05, 0.1) is 0 Å². The van der Waals surface area contributed by atoms with Crippen LogP contribution >= 0.6 is 0 Å². The van der Waals surface area contributed by atoms with Crippen LogP contribution in [0.15, 0.2) is 0 Å². The average molecular weight is 159 g/mol.